The molecule has 5 amide bonds. The van der Waals surface area contributed by atoms with Crippen molar-refractivity contribution in [3.05, 3.63) is 22.4 Å². The minimum Gasteiger partial charge on any atom is -0.342 e. The van der Waals surface area contributed by atoms with Crippen molar-refractivity contribution in [1.29, 1.82) is 0 Å². The third-order valence-electron chi connectivity index (χ3n) is 5.73. The smallest absolute Gasteiger partial charge is 0.322 e. The molecular formula is C18H22N4O4S. The Kier molecular flexibility index (Phi) is 4.63. The highest BCUT2D eigenvalue weighted by Crippen LogP contribution is 2.28. The van der Waals surface area contributed by atoms with Crippen molar-refractivity contribution >= 4 is 35.1 Å². The SMILES string of the molecule is O=C1NC(=O)C2(CCN(C(=O)[C@@H]3CCCN(C(=O)c4cccs4)C3)CC2)N1. The van der Waals surface area contributed by atoms with Gasteiger partial charge < -0.3 is 15.1 Å². The molecule has 3 aliphatic rings. The van der Waals surface area contributed by atoms with Crippen molar-refractivity contribution < 1.29 is 19.2 Å². The third kappa shape index (κ3) is 3.31. The number of carbonyl (C=O) groups excluding carboxylic acids is 4. The fourth-order valence-corrected chi connectivity index (χ4v) is 4.86. The van der Waals surface area contributed by atoms with Gasteiger partial charge in [0.05, 0.1) is 10.8 Å². The van der Waals surface area contributed by atoms with Crippen LogP contribution in [-0.4, -0.2) is 65.3 Å². The van der Waals surface area contributed by atoms with Gasteiger partial charge in [0.15, 0.2) is 0 Å². The summed E-state index contributed by atoms with van der Waals surface area (Å²) in [5.41, 5.74) is -0.873. The van der Waals surface area contributed by atoms with Crippen LogP contribution >= 0.6 is 11.3 Å². The standard InChI is InChI=1S/C18H22N4O4S/c23-14(21-8-5-18(6-9-21)16(25)19-17(26)20-18)12-3-1-7-22(11-12)15(24)13-4-2-10-27-13/h2,4,10,12H,1,3,5-9,11H2,(H2,19,20,25,26)/t12-/m1/s1. The van der Waals surface area contributed by atoms with E-state index in [-0.39, 0.29) is 23.6 Å². The van der Waals surface area contributed by atoms with E-state index < -0.39 is 11.6 Å². The van der Waals surface area contributed by atoms with E-state index in [1.54, 1.807) is 9.80 Å². The predicted octanol–water partition coefficient (Wildman–Crippen LogP) is 0.801. The van der Waals surface area contributed by atoms with E-state index >= 15 is 0 Å². The van der Waals surface area contributed by atoms with Crippen LogP contribution in [0.2, 0.25) is 0 Å². The molecule has 0 aliphatic carbocycles. The van der Waals surface area contributed by atoms with E-state index in [0.29, 0.717) is 43.9 Å². The van der Waals surface area contributed by atoms with Crippen LogP contribution in [0.3, 0.4) is 0 Å². The summed E-state index contributed by atoms with van der Waals surface area (Å²) in [5.74, 6) is -0.475. The van der Waals surface area contributed by atoms with E-state index in [1.807, 2.05) is 17.5 Å². The number of hydrogen-bond acceptors (Lipinski definition) is 5. The van der Waals surface area contributed by atoms with E-state index in [9.17, 15) is 19.2 Å². The first-order chi connectivity index (χ1) is 13.0. The van der Waals surface area contributed by atoms with Crippen LogP contribution in [0.25, 0.3) is 0 Å². The highest BCUT2D eigenvalue weighted by Gasteiger charge is 2.48. The summed E-state index contributed by atoms with van der Waals surface area (Å²) in [4.78, 5) is 53.2. The highest BCUT2D eigenvalue weighted by atomic mass is 32.1. The molecule has 3 saturated heterocycles. The number of imide groups is 1. The van der Waals surface area contributed by atoms with Gasteiger partial charge in [-0.15, -0.1) is 11.3 Å². The van der Waals surface area contributed by atoms with Crippen LogP contribution in [0.4, 0.5) is 4.79 Å². The largest absolute Gasteiger partial charge is 0.342 e. The van der Waals surface area contributed by atoms with Gasteiger partial charge >= 0.3 is 6.03 Å². The number of likely N-dealkylation sites (tertiary alicyclic amines) is 2. The second kappa shape index (κ2) is 6.95. The number of piperidine rings is 2. The average Bonchev–Trinajstić information content (AvgIpc) is 3.30. The molecule has 0 saturated carbocycles. The Labute approximate surface area is 160 Å². The molecule has 144 valence electrons. The van der Waals surface area contributed by atoms with Crippen LogP contribution < -0.4 is 10.6 Å². The third-order valence-corrected chi connectivity index (χ3v) is 6.59. The number of urea groups is 1. The number of thiophene rings is 1. The predicted molar refractivity (Wildman–Crippen MR) is 98.2 cm³/mol. The van der Waals surface area contributed by atoms with E-state index in [0.717, 1.165) is 12.8 Å². The highest BCUT2D eigenvalue weighted by molar-refractivity contribution is 7.12. The molecule has 4 heterocycles. The van der Waals surface area contributed by atoms with E-state index in [1.165, 1.54) is 11.3 Å². The Bertz CT molecular complexity index is 770. The number of carbonyl (C=O) groups is 4. The minimum atomic E-state index is -0.873. The molecule has 1 aromatic heterocycles. The molecule has 0 unspecified atom stereocenters. The van der Waals surface area contributed by atoms with Gasteiger partial charge in [-0.3, -0.25) is 19.7 Å². The number of nitrogens with one attached hydrogen (secondary N) is 2. The lowest BCUT2D eigenvalue weighted by Gasteiger charge is -2.40. The minimum absolute atomic E-state index is 0.00886. The molecule has 4 rings (SSSR count). The molecule has 1 spiro atoms. The van der Waals surface area contributed by atoms with Gasteiger partial charge in [0.2, 0.25) is 5.91 Å². The quantitative estimate of drug-likeness (QED) is 0.730. The summed E-state index contributed by atoms with van der Waals surface area (Å²) in [6, 6.07) is 3.20. The van der Waals surface area contributed by atoms with Gasteiger partial charge in [0.1, 0.15) is 5.54 Å². The number of hydrogen-bond donors (Lipinski definition) is 2. The number of nitrogens with zero attached hydrogens (tertiary/aromatic N) is 2. The van der Waals surface area contributed by atoms with E-state index in [2.05, 4.69) is 10.6 Å². The normalized spacial score (nSPS) is 24.7. The van der Waals surface area contributed by atoms with Crippen LogP contribution in [0.1, 0.15) is 35.4 Å². The summed E-state index contributed by atoms with van der Waals surface area (Å²) in [6.45, 7) is 1.98. The van der Waals surface area contributed by atoms with Crippen molar-refractivity contribution in [2.45, 2.75) is 31.2 Å². The van der Waals surface area contributed by atoms with Crippen molar-refractivity contribution in [1.82, 2.24) is 20.4 Å². The second-order valence-corrected chi connectivity index (χ2v) is 8.33. The molecule has 0 aromatic carbocycles. The Morgan fingerprint density at radius 2 is 1.93 bits per heavy atom. The molecule has 0 bridgehead atoms. The second-order valence-electron chi connectivity index (χ2n) is 7.38. The molecule has 27 heavy (non-hydrogen) atoms. The van der Waals surface area contributed by atoms with Crippen molar-refractivity contribution in [2.75, 3.05) is 26.2 Å². The molecule has 9 heteroatoms. The van der Waals surface area contributed by atoms with Crippen LogP contribution in [-0.2, 0) is 9.59 Å². The first-order valence-corrected chi connectivity index (χ1v) is 10.1. The lowest BCUT2D eigenvalue weighted by atomic mass is 9.86. The maximum absolute atomic E-state index is 13.0. The first-order valence-electron chi connectivity index (χ1n) is 9.24. The molecule has 3 fully saturated rings. The van der Waals surface area contributed by atoms with Crippen molar-refractivity contribution in [3.8, 4) is 0 Å². The Hall–Kier alpha value is -2.42. The molecular weight excluding hydrogens is 368 g/mol. The summed E-state index contributed by atoms with van der Waals surface area (Å²) < 4.78 is 0. The van der Waals surface area contributed by atoms with Crippen molar-refractivity contribution in [2.24, 2.45) is 5.92 Å². The Morgan fingerprint density at radius 3 is 2.56 bits per heavy atom. The lowest BCUT2D eigenvalue weighted by Crippen LogP contribution is -2.57. The summed E-state index contributed by atoms with van der Waals surface area (Å²) in [5, 5.41) is 6.86. The lowest BCUT2D eigenvalue weighted by molar-refractivity contribution is -0.140. The van der Waals surface area contributed by atoms with Gasteiger partial charge in [-0.2, -0.15) is 0 Å². The fourth-order valence-electron chi connectivity index (χ4n) is 4.17. The van der Waals surface area contributed by atoms with Crippen molar-refractivity contribution in [3.63, 3.8) is 0 Å². The Balaban J connectivity index is 1.36. The fraction of sp³-hybridized carbons (Fsp3) is 0.556. The zero-order valence-corrected chi connectivity index (χ0v) is 15.7. The van der Waals surface area contributed by atoms with Gasteiger partial charge in [0, 0.05) is 26.2 Å². The number of rotatable bonds is 2. The zero-order valence-electron chi connectivity index (χ0n) is 14.9. The molecule has 2 N–H and O–H groups in total. The van der Waals surface area contributed by atoms with Crippen LogP contribution in [0, 0.1) is 5.92 Å². The molecule has 8 nitrogen and oxygen atoms in total. The molecule has 3 aliphatic heterocycles. The van der Waals surface area contributed by atoms with Crippen LogP contribution in [0.15, 0.2) is 17.5 Å². The summed E-state index contributed by atoms with van der Waals surface area (Å²) >= 11 is 1.41. The maximum Gasteiger partial charge on any atom is 0.322 e. The van der Waals surface area contributed by atoms with Gasteiger partial charge in [0.25, 0.3) is 11.8 Å². The van der Waals surface area contributed by atoms with E-state index in [4.69, 9.17) is 0 Å². The maximum atomic E-state index is 13.0. The number of amides is 5. The van der Waals surface area contributed by atoms with Gasteiger partial charge in [-0.1, -0.05) is 6.07 Å². The van der Waals surface area contributed by atoms with Gasteiger partial charge in [-0.25, -0.2) is 4.79 Å². The topological polar surface area (TPSA) is 98.8 Å². The average molecular weight is 390 g/mol. The summed E-state index contributed by atoms with van der Waals surface area (Å²) in [6.07, 6.45) is 2.41. The molecule has 1 atom stereocenters. The monoisotopic (exact) mass is 390 g/mol. The van der Waals surface area contributed by atoms with Gasteiger partial charge in [-0.05, 0) is 37.1 Å². The zero-order chi connectivity index (χ0) is 19.0. The Morgan fingerprint density at radius 1 is 1.15 bits per heavy atom. The molecule has 0 radical (unpaired) electrons. The molecule has 1 aromatic rings. The first kappa shape index (κ1) is 18.0. The van der Waals surface area contributed by atoms with Crippen LogP contribution in [0.5, 0.6) is 0 Å². The summed E-state index contributed by atoms with van der Waals surface area (Å²) in [7, 11) is 0.